The zero-order valence-corrected chi connectivity index (χ0v) is 18.2. The summed E-state index contributed by atoms with van der Waals surface area (Å²) in [5.41, 5.74) is 1.05. The Balaban J connectivity index is 1.43. The van der Waals surface area contributed by atoms with Crippen LogP contribution in [0.25, 0.3) is 5.65 Å². The fourth-order valence-corrected chi connectivity index (χ4v) is 4.63. The van der Waals surface area contributed by atoms with E-state index in [2.05, 4.69) is 20.3 Å². The van der Waals surface area contributed by atoms with E-state index in [9.17, 15) is 13.6 Å². The van der Waals surface area contributed by atoms with Crippen LogP contribution < -0.4 is 10.2 Å². The Kier molecular flexibility index (Phi) is 6.19. The van der Waals surface area contributed by atoms with Crippen molar-refractivity contribution in [1.82, 2.24) is 24.8 Å². The standard InChI is InChI=1S/C23H26F2N6O2/c24-16-4-5-18(25)17(15-16)19-3-1-8-30(19)22-20(21-26-6-2-9-31(21)28-22)23(32)27-7-10-29-11-13-33-14-12-29/h2,4-6,9,15,19H,1,3,7-8,10-14H2,(H,27,32)/t19-/m1/s1. The quantitative estimate of drug-likeness (QED) is 0.614. The maximum Gasteiger partial charge on any atom is 0.259 e. The molecule has 0 radical (unpaired) electrons. The van der Waals surface area contributed by atoms with E-state index in [4.69, 9.17) is 4.74 Å². The first-order chi connectivity index (χ1) is 16.1. The van der Waals surface area contributed by atoms with Crippen LogP contribution >= 0.6 is 0 Å². The number of halogens is 2. The minimum absolute atomic E-state index is 0.274. The second-order valence-corrected chi connectivity index (χ2v) is 8.31. The minimum Gasteiger partial charge on any atom is -0.379 e. The highest BCUT2D eigenvalue weighted by Gasteiger charge is 2.34. The number of fused-ring (bicyclic) bond motifs is 1. The van der Waals surface area contributed by atoms with Gasteiger partial charge in [-0.15, -0.1) is 5.10 Å². The third-order valence-corrected chi connectivity index (χ3v) is 6.26. The molecule has 33 heavy (non-hydrogen) atoms. The van der Waals surface area contributed by atoms with Gasteiger partial charge in [-0.3, -0.25) is 9.69 Å². The summed E-state index contributed by atoms with van der Waals surface area (Å²) in [6.45, 7) is 4.86. The van der Waals surface area contributed by atoms with Crippen LogP contribution in [0, 0.1) is 11.6 Å². The lowest BCUT2D eigenvalue weighted by molar-refractivity contribution is 0.0383. The van der Waals surface area contributed by atoms with Crippen LogP contribution in [0.3, 0.4) is 0 Å². The maximum atomic E-state index is 14.6. The van der Waals surface area contributed by atoms with Crippen LogP contribution in [0.1, 0.15) is 34.8 Å². The first-order valence-electron chi connectivity index (χ1n) is 11.2. The lowest BCUT2D eigenvalue weighted by Gasteiger charge is -2.27. The molecule has 174 valence electrons. The molecule has 2 aliphatic heterocycles. The first-order valence-corrected chi connectivity index (χ1v) is 11.2. The lowest BCUT2D eigenvalue weighted by atomic mass is 10.0. The normalized spacial score (nSPS) is 19.3. The first kappa shape index (κ1) is 21.7. The Morgan fingerprint density at radius 2 is 2.06 bits per heavy atom. The predicted molar refractivity (Wildman–Crippen MR) is 118 cm³/mol. The number of nitrogens with zero attached hydrogens (tertiary/aromatic N) is 5. The third-order valence-electron chi connectivity index (χ3n) is 6.26. The largest absolute Gasteiger partial charge is 0.379 e. The zero-order valence-electron chi connectivity index (χ0n) is 18.2. The molecule has 5 rings (SSSR count). The summed E-state index contributed by atoms with van der Waals surface area (Å²) < 4.78 is 35.4. The van der Waals surface area contributed by atoms with Gasteiger partial charge in [0.25, 0.3) is 5.91 Å². The molecular weight excluding hydrogens is 430 g/mol. The number of ether oxygens (including phenoxy) is 1. The average molecular weight is 456 g/mol. The molecule has 2 saturated heterocycles. The summed E-state index contributed by atoms with van der Waals surface area (Å²) in [5.74, 6) is -0.802. The van der Waals surface area contributed by atoms with E-state index < -0.39 is 17.7 Å². The van der Waals surface area contributed by atoms with Crippen LogP contribution in [-0.4, -0.2) is 71.3 Å². The zero-order chi connectivity index (χ0) is 22.8. The van der Waals surface area contributed by atoms with E-state index in [0.717, 1.165) is 38.2 Å². The highest BCUT2D eigenvalue weighted by Crippen LogP contribution is 2.39. The summed E-state index contributed by atoms with van der Waals surface area (Å²) in [6.07, 6.45) is 4.75. The summed E-state index contributed by atoms with van der Waals surface area (Å²) in [4.78, 5) is 21.8. The Hall–Kier alpha value is -3.11. The topological polar surface area (TPSA) is 75.0 Å². The van der Waals surface area contributed by atoms with Gasteiger partial charge in [0.15, 0.2) is 11.5 Å². The molecule has 3 aromatic rings. The molecule has 10 heteroatoms. The van der Waals surface area contributed by atoms with Crippen molar-refractivity contribution in [1.29, 1.82) is 0 Å². The van der Waals surface area contributed by atoms with Crippen LogP contribution in [0.4, 0.5) is 14.6 Å². The number of aromatic nitrogens is 3. The molecule has 1 atom stereocenters. The maximum absolute atomic E-state index is 14.6. The third kappa shape index (κ3) is 4.40. The Morgan fingerprint density at radius 1 is 1.21 bits per heavy atom. The van der Waals surface area contributed by atoms with Crippen molar-refractivity contribution in [2.24, 2.45) is 0 Å². The fourth-order valence-electron chi connectivity index (χ4n) is 4.63. The van der Waals surface area contributed by atoms with E-state index in [1.807, 2.05) is 4.90 Å². The number of anilines is 1. The Labute approximate surface area is 190 Å². The molecule has 0 aliphatic carbocycles. The van der Waals surface area contributed by atoms with E-state index in [-0.39, 0.29) is 11.5 Å². The van der Waals surface area contributed by atoms with Crippen LogP contribution in [-0.2, 0) is 4.74 Å². The lowest BCUT2D eigenvalue weighted by Crippen LogP contribution is -2.41. The molecular formula is C23H26F2N6O2. The Bertz CT molecular complexity index is 1150. The average Bonchev–Trinajstić information content (AvgIpc) is 3.46. The molecule has 8 nitrogen and oxygen atoms in total. The highest BCUT2D eigenvalue weighted by molar-refractivity contribution is 6.04. The summed E-state index contributed by atoms with van der Waals surface area (Å²) in [7, 11) is 0. The van der Waals surface area contributed by atoms with Gasteiger partial charge in [0, 0.05) is 50.7 Å². The molecule has 1 aromatic carbocycles. The number of amides is 1. The van der Waals surface area contributed by atoms with E-state index in [1.165, 1.54) is 6.07 Å². The highest BCUT2D eigenvalue weighted by atomic mass is 19.1. The van der Waals surface area contributed by atoms with Gasteiger partial charge in [-0.2, -0.15) is 0 Å². The van der Waals surface area contributed by atoms with Crippen molar-refractivity contribution in [3.8, 4) is 0 Å². The smallest absolute Gasteiger partial charge is 0.259 e. The van der Waals surface area contributed by atoms with Gasteiger partial charge >= 0.3 is 0 Å². The van der Waals surface area contributed by atoms with Crippen LogP contribution in [0.5, 0.6) is 0 Å². The molecule has 0 bridgehead atoms. The predicted octanol–water partition coefficient (Wildman–Crippen LogP) is 2.41. The molecule has 1 N–H and O–H groups in total. The monoisotopic (exact) mass is 456 g/mol. The number of hydrogen-bond acceptors (Lipinski definition) is 6. The summed E-state index contributed by atoms with van der Waals surface area (Å²) >= 11 is 0. The number of hydrogen-bond donors (Lipinski definition) is 1. The van der Waals surface area contributed by atoms with Gasteiger partial charge in [0.1, 0.15) is 17.2 Å². The van der Waals surface area contributed by atoms with Crippen molar-refractivity contribution >= 4 is 17.4 Å². The number of carbonyl (C=O) groups is 1. The SMILES string of the molecule is O=C(NCCN1CCOCC1)c1c(N2CCC[C@@H]2c2cc(F)ccc2F)nn2cccnc12. The molecule has 0 spiro atoms. The van der Waals surface area contributed by atoms with Crippen molar-refractivity contribution in [2.45, 2.75) is 18.9 Å². The van der Waals surface area contributed by atoms with Gasteiger partial charge < -0.3 is 15.0 Å². The number of carbonyl (C=O) groups excluding carboxylic acids is 1. The molecule has 2 aromatic heterocycles. The number of rotatable bonds is 6. The second kappa shape index (κ2) is 9.40. The van der Waals surface area contributed by atoms with Gasteiger partial charge in [0.05, 0.1) is 19.3 Å². The Morgan fingerprint density at radius 3 is 2.91 bits per heavy atom. The molecule has 1 amide bonds. The van der Waals surface area contributed by atoms with E-state index in [1.54, 1.807) is 23.0 Å². The van der Waals surface area contributed by atoms with E-state index >= 15 is 0 Å². The van der Waals surface area contributed by atoms with Gasteiger partial charge in [0.2, 0.25) is 0 Å². The van der Waals surface area contributed by atoms with Crippen molar-refractivity contribution in [3.63, 3.8) is 0 Å². The molecule has 2 fully saturated rings. The number of benzene rings is 1. The summed E-state index contributed by atoms with van der Waals surface area (Å²) in [5, 5.41) is 7.61. The van der Waals surface area contributed by atoms with Gasteiger partial charge in [-0.25, -0.2) is 18.3 Å². The number of morpholine rings is 1. The molecule has 4 heterocycles. The molecule has 0 unspecified atom stereocenters. The van der Waals surface area contributed by atoms with Gasteiger partial charge in [-0.1, -0.05) is 0 Å². The van der Waals surface area contributed by atoms with Crippen molar-refractivity contribution in [3.05, 3.63) is 59.4 Å². The van der Waals surface area contributed by atoms with E-state index in [0.29, 0.717) is 49.8 Å². The van der Waals surface area contributed by atoms with Crippen LogP contribution in [0.15, 0.2) is 36.7 Å². The van der Waals surface area contributed by atoms with Crippen LogP contribution in [0.2, 0.25) is 0 Å². The van der Waals surface area contributed by atoms with Crippen molar-refractivity contribution < 1.29 is 18.3 Å². The van der Waals surface area contributed by atoms with Gasteiger partial charge in [-0.05, 0) is 37.1 Å². The fraction of sp³-hybridized carbons (Fsp3) is 0.435. The molecule has 0 saturated carbocycles. The molecule has 2 aliphatic rings. The van der Waals surface area contributed by atoms with Crippen molar-refractivity contribution in [2.75, 3.05) is 50.8 Å². The number of nitrogens with one attached hydrogen (secondary N) is 1. The second-order valence-electron chi connectivity index (χ2n) is 8.31. The minimum atomic E-state index is -0.490. The summed E-state index contributed by atoms with van der Waals surface area (Å²) in [6, 6.07) is 4.81.